The molecule has 32 heavy (non-hydrogen) atoms. The van der Waals surface area contributed by atoms with Gasteiger partial charge in [-0.3, -0.25) is 4.79 Å². The summed E-state index contributed by atoms with van der Waals surface area (Å²) >= 11 is 0. The van der Waals surface area contributed by atoms with Gasteiger partial charge in [-0.2, -0.15) is 18.4 Å². The zero-order chi connectivity index (χ0) is 23.8. The molecule has 0 saturated heterocycles. The van der Waals surface area contributed by atoms with Crippen LogP contribution in [0.4, 0.5) is 13.2 Å². The number of para-hydroxylation sites is 1. The maximum absolute atomic E-state index is 14.0. The van der Waals surface area contributed by atoms with Gasteiger partial charge in [0.1, 0.15) is 17.0 Å². The molecule has 1 aliphatic rings. The summed E-state index contributed by atoms with van der Waals surface area (Å²) in [6, 6.07) is 7.62. The van der Waals surface area contributed by atoms with Crippen LogP contribution in [0.2, 0.25) is 0 Å². The van der Waals surface area contributed by atoms with E-state index in [1.807, 2.05) is 6.07 Å². The molecule has 0 bridgehead atoms. The number of fused-ring (bicyclic) bond motifs is 1. The molecule has 168 valence electrons. The number of allylic oxidation sites excluding steroid dienone is 3. The van der Waals surface area contributed by atoms with Crippen LogP contribution < -0.4 is 10.7 Å². The predicted molar refractivity (Wildman–Crippen MR) is 110 cm³/mol. The summed E-state index contributed by atoms with van der Waals surface area (Å²) in [7, 11) is 0. The Hall–Kier alpha value is -3.54. The molecular formula is C23H21F3N2O4. The maximum atomic E-state index is 14.0. The third kappa shape index (κ3) is 4.13. The second-order valence-electron chi connectivity index (χ2n) is 7.60. The summed E-state index contributed by atoms with van der Waals surface area (Å²) in [6.45, 7) is 6.09. The van der Waals surface area contributed by atoms with E-state index in [1.54, 1.807) is 6.92 Å². The van der Waals surface area contributed by atoms with Crippen molar-refractivity contribution in [1.82, 2.24) is 5.32 Å². The van der Waals surface area contributed by atoms with Crippen molar-refractivity contribution in [1.29, 1.82) is 5.26 Å². The number of nitrogens with zero attached hydrogens (tertiary/aromatic N) is 1. The van der Waals surface area contributed by atoms with Crippen molar-refractivity contribution >= 4 is 16.9 Å². The number of carbonyl (C=O) groups is 1. The Morgan fingerprint density at radius 2 is 2.03 bits per heavy atom. The van der Waals surface area contributed by atoms with Crippen molar-refractivity contribution in [2.45, 2.75) is 52.3 Å². The molecule has 0 spiro atoms. The number of hydrogen-bond donors (Lipinski definition) is 1. The number of carbonyl (C=O) groups excluding carboxylic acids is 1. The van der Waals surface area contributed by atoms with Crippen LogP contribution >= 0.6 is 0 Å². The van der Waals surface area contributed by atoms with Crippen LogP contribution in [-0.2, 0) is 16.0 Å². The third-order valence-electron chi connectivity index (χ3n) is 5.03. The molecule has 1 N–H and O–H groups in total. The van der Waals surface area contributed by atoms with E-state index in [-0.39, 0.29) is 33.2 Å². The summed E-state index contributed by atoms with van der Waals surface area (Å²) in [6.07, 6.45) is -5.25. The van der Waals surface area contributed by atoms with Gasteiger partial charge in [0, 0.05) is 23.7 Å². The van der Waals surface area contributed by atoms with Crippen molar-refractivity contribution in [3.05, 3.63) is 68.4 Å². The van der Waals surface area contributed by atoms with Crippen LogP contribution in [0, 0.1) is 11.3 Å². The highest BCUT2D eigenvalue weighted by Crippen LogP contribution is 2.44. The van der Waals surface area contributed by atoms with Gasteiger partial charge in [-0.25, -0.2) is 4.79 Å². The van der Waals surface area contributed by atoms with Crippen LogP contribution in [0.5, 0.6) is 0 Å². The zero-order valence-electron chi connectivity index (χ0n) is 17.9. The molecule has 3 rings (SSSR count). The minimum Gasteiger partial charge on any atom is -0.460 e. The number of alkyl halides is 3. The van der Waals surface area contributed by atoms with Gasteiger partial charge in [0.25, 0.3) is 0 Å². The number of nitrogens with one attached hydrogen (secondary N) is 1. The fourth-order valence-corrected chi connectivity index (χ4v) is 3.66. The number of aryl methyl sites for hydroxylation is 1. The molecule has 9 heteroatoms. The number of dihydropyridines is 1. The Bertz CT molecular complexity index is 1250. The average molecular weight is 446 g/mol. The molecule has 1 unspecified atom stereocenters. The highest BCUT2D eigenvalue weighted by atomic mass is 19.4. The van der Waals surface area contributed by atoms with Crippen molar-refractivity contribution < 1.29 is 27.1 Å². The fourth-order valence-electron chi connectivity index (χ4n) is 3.66. The first-order valence-corrected chi connectivity index (χ1v) is 9.95. The molecule has 6 nitrogen and oxygen atoms in total. The topological polar surface area (TPSA) is 92.3 Å². The first-order chi connectivity index (χ1) is 15.0. The van der Waals surface area contributed by atoms with E-state index >= 15 is 0 Å². The summed E-state index contributed by atoms with van der Waals surface area (Å²) < 4.78 is 52.9. The number of benzene rings is 1. The molecule has 0 radical (unpaired) electrons. The second-order valence-corrected chi connectivity index (χ2v) is 7.60. The molecule has 0 aliphatic carbocycles. The number of halogens is 3. The number of nitriles is 1. The van der Waals surface area contributed by atoms with Crippen LogP contribution in [0.15, 0.2) is 56.0 Å². The Labute approximate surface area is 182 Å². The van der Waals surface area contributed by atoms with Crippen molar-refractivity contribution in [3.63, 3.8) is 0 Å². The molecule has 1 atom stereocenters. The van der Waals surface area contributed by atoms with Gasteiger partial charge in [-0.05, 0) is 26.8 Å². The van der Waals surface area contributed by atoms with Crippen molar-refractivity contribution in [2.24, 2.45) is 0 Å². The molecule has 0 saturated carbocycles. The number of ether oxygens (including phenoxy) is 1. The van der Waals surface area contributed by atoms with E-state index < -0.39 is 35.4 Å². The second kappa shape index (κ2) is 8.54. The van der Waals surface area contributed by atoms with E-state index in [0.717, 1.165) is 0 Å². The van der Waals surface area contributed by atoms with Gasteiger partial charge in [-0.1, -0.05) is 19.1 Å². The van der Waals surface area contributed by atoms with Crippen LogP contribution in [0.3, 0.4) is 0 Å². The fraction of sp³-hybridized carbons (Fsp3) is 0.348. The quantitative estimate of drug-likeness (QED) is 0.690. The van der Waals surface area contributed by atoms with Crippen LogP contribution in [0.25, 0.3) is 11.0 Å². The summed E-state index contributed by atoms with van der Waals surface area (Å²) in [5.41, 5.74) is -2.47. The summed E-state index contributed by atoms with van der Waals surface area (Å²) in [5.74, 6) is -2.33. The Morgan fingerprint density at radius 3 is 2.59 bits per heavy atom. The largest absolute Gasteiger partial charge is 0.460 e. The van der Waals surface area contributed by atoms with Crippen LogP contribution in [0.1, 0.15) is 44.9 Å². The Morgan fingerprint density at radius 1 is 1.34 bits per heavy atom. The van der Waals surface area contributed by atoms with E-state index in [2.05, 4.69) is 5.32 Å². The molecule has 1 aliphatic heterocycles. The van der Waals surface area contributed by atoms with Crippen molar-refractivity contribution in [3.8, 4) is 6.07 Å². The standard InChI is InChI=1S/C23H21F3N2O4/c1-5-13-9-17(29)14-7-6-8-15(20(14)32-13)18-16(10-27)12(4)28-21(23(24,25)26)19(18)22(30)31-11(2)3/h6-9,11,18,28H,5H2,1-4H3. The minimum absolute atomic E-state index is 0.0284. The van der Waals surface area contributed by atoms with Gasteiger partial charge >= 0.3 is 12.1 Å². The summed E-state index contributed by atoms with van der Waals surface area (Å²) in [4.78, 5) is 25.5. The molecule has 2 aromatic rings. The Kier molecular flexibility index (Phi) is 6.17. The average Bonchev–Trinajstić information content (AvgIpc) is 2.71. The normalized spacial score (nSPS) is 16.9. The van der Waals surface area contributed by atoms with Gasteiger partial charge in [0.15, 0.2) is 5.43 Å². The zero-order valence-corrected chi connectivity index (χ0v) is 17.9. The van der Waals surface area contributed by atoms with E-state index in [9.17, 15) is 28.0 Å². The Balaban J connectivity index is 2.43. The van der Waals surface area contributed by atoms with Gasteiger partial charge in [0.05, 0.1) is 34.6 Å². The van der Waals surface area contributed by atoms with E-state index in [1.165, 1.54) is 45.0 Å². The smallest absolute Gasteiger partial charge is 0.431 e. The van der Waals surface area contributed by atoms with Crippen molar-refractivity contribution in [2.75, 3.05) is 0 Å². The van der Waals surface area contributed by atoms with Gasteiger partial charge < -0.3 is 14.5 Å². The third-order valence-corrected chi connectivity index (χ3v) is 5.03. The van der Waals surface area contributed by atoms with Crippen LogP contribution in [-0.4, -0.2) is 18.2 Å². The molecule has 1 aromatic heterocycles. The number of hydrogen-bond acceptors (Lipinski definition) is 6. The lowest BCUT2D eigenvalue weighted by Gasteiger charge is -2.31. The van der Waals surface area contributed by atoms with E-state index in [4.69, 9.17) is 9.15 Å². The highest BCUT2D eigenvalue weighted by molar-refractivity contribution is 5.95. The lowest BCUT2D eigenvalue weighted by molar-refractivity contribution is -0.144. The van der Waals surface area contributed by atoms with Gasteiger partial charge in [-0.15, -0.1) is 0 Å². The molecule has 2 heterocycles. The number of rotatable bonds is 4. The number of esters is 1. The van der Waals surface area contributed by atoms with Gasteiger partial charge in [0.2, 0.25) is 0 Å². The molecule has 0 amide bonds. The highest BCUT2D eigenvalue weighted by Gasteiger charge is 2.46. The molecule has 1 aromatic carbocycles. The first kappa shape index (κ1) is 23.1. The lowest BCUT2D eigenvalue weighted by atomic mass is 9.80. The van der Waals surface area contributed by atoms with E-state index in [0.29, 0.717) is 12.2 Å². The summed E-state index contributed by atoms with van der Waals surface area (Å²) in [5, 5.41) is 12.1. The minimum atomic E-state index is -4.92. The lowest BCUT2D eigenvalue weighted by Crippen LogP contribution is -2.37. The first-order valence-electron chi connectivity index (χ1n) is 9.95. The molecular weight excluding hydrogens is 425 g/mol. The molecule has 0 fully saturated rings. The monoisotopic (exact) mass is 446 g/mol. The predicted octanol–water partition coefficient (Wildman–Crippen LogP) is 4.61. The maximum Gasteiger partial charge on any atom is 0.431 e. The SMILES string of the molecule is CCc1cc(=O)c2cccc(C3C(C#N)=C(C)NC(C(F)(F)F)=C3C(=O)OC(C)C)c2o1.